The van der Waals surface area contributed by atoms with Crippen molar-refractivity contribution in [3.05, 3.63) is 35.6 Å². The van der Waals surface area contributed by atoms with Crippen molar-refractivity contribution in [2.45, 2.75) is 12.5 Å². The molecule has 0 amide bonds. The summed E-state index contributed by atoms with van der Waals surface area (Å²) in [6.07, 6.45) is 0.689. The third kappa shape index (κ3) is 7.01. The van der Waals surface area contributed by atoms with Crippen molar-refractivity contribution in [3.63, 3.8) is 0 Å². The lowest BCUT2D eigenvalue weighted by Gasteiger charge is -2.35. The zero-order chi connectivity index (χ0) is 20.7. The van der Waals surface area contributed by atoms with Gasteiger partial charge in [0.05, 0.1) is 25.0 Å². The first-order valence-corrected chi connectivity index (χ1v) is 11.6. The van der Waals surface area contributed by atoms with E-state index in [1.807, 2.05) is 12.1 Å². The van der Waals surface area contributed by atoms with Gasteiger partial charge in [-0.05, 0) is 24.1 Å². The molecule has 1 aromatic carbocycles. The van der Waals surface area contributed by atoms with Crippen LogP contribution in [0, 0.1) is 5.82 Å². The number of nitrogens with zero attached hydrogens (tertiary/aromatic N) is 3. The maximum absolute atomic E-state index is 13.4. The summed E-state index contributed by atoms with van der Waals surface area (Å²) in [7, 11) is -1.40. The van der Waals surface area contributed by atoms with Gasteiger partial charge in [0.2, 0.25) is 10.0 Å². The van der Waals surface area contributed by atoms with E-state index < -0.39 is 10.0 Å². The van der Waals surface area contributed by atoms with Gasteiger partial charge in [0.25, 0.3) is 0 Å². The fourth-order valence-corrected chi connectivity index (χ4v) is 5.22. The first kappa shape index (κ1) is 25.2. The average Bonchev–Trinajstić information content (AvgIpc) is 3.07. The van der Waals surface area contributed by atoms with Gasteiger partial charge in [-0.3, -0.25) is 9.89 Å². The highest BCUT2D eigenvalue weighted by molar-refractivity contribution is 14.0. The van der Waals surface area contributed by atoms with Gasteiger partial charge >= 0.3 is 0 Å². The molecule has 170 valence electrons. The first-order valence-electron chi connectivity index (χ1n) is 9.99. The van der Waals surface area contributed by atoms with Crippen molar-refractivity contribution in [2.24, 2.45) is 4.99 Å². The molecule has 2 heterocycles. The van der Waals surface area contributed by atoms with Crippen LogP contribution in [0.1, 0.15) is 18.0 Å². The van der Waals surface area contributed by atoms with Crippen LogP contribution < -0.4 is 10.6 Å². The molecule has 2 N–H and O–H groups in total. The molecule has 2 saturated heterocycles. The van der Waals surface area contributed by atoms with E-state index in [2.05, 4.69) is 20.5 Å². The Kier molecular flexibility index (Phi) is 10.2. The molecule has 0 radical (unpaired) electrons. The number of morpholine rings is 1. The summed E-state index contributed by atoms with van der Waals surface area (Å²) < 4.78 is 44.1. The Morgan fingerprint density at radius 3 is 2.50 bits per heavy atom. The van der Waals surface area contributed by atoms with E-state index in [1.165, 1.54) is 16.4 Å². The lowest BCUT2D eigenvalue weighted by molar-refractivity contribution is 0.0170. The standard InChI is InChI=1S/C19H30FN5O3S.HI/c1-21-19(22-7-9-25-8-2-14-29(25,26)27)23-15-18(24-10-12-28-13-11-24)16-3-5-17(20)6-4-16;/h3-6,18H,2,7-15H2,1H3,(H2,21,22,23);1H. The third-order valence-corrected chi connectivity index (χ3v) is 7.24. The van der Waals surface area contributed by atoms with Gasteiger partial charge in [-0.2, -0.15) is 0 Å². The van der Waals surface area contributed by atoms with Crippen LogP contribution in [0.2, 0.25) is 0 Å². The highest BCUT2D eigenvalue weighted by atomic mass is 127. The highest BCUT2D eigenvalue weighted by Gasteiger charge is 2.27. The molecule has 0 saturated carbocycles. The summed E-state index contributed by atoms with van der Waals surface area (Å²) in [4.78, 5) is 6.55. The fraction of sp³-hybridized carbons (Fsp3) is 0.632. The van der Waals surface area contributed by atoms with Gasteiger partial charge in [0.15, 0.2) is 5.96 Å². The molecule has 0 spiro atoms. The van der Waals surface area contributed by atoms with Crippen LogP contribution >= 0.6 is 24.0 Å². The number of nitrogens with one attached hydrogen (secondary N) is 2. The molecule has 0 aromatic heterocycles. The van der Waals surface area contributed by atoms with Gasteiger partial charge in [0, 0.05) is 46.3 Å². The Labute approximate surface area is 195 Å². The van der Waals surface area contributed by atoms with E-state index >= 15 is 0 Å². The molecule has 3 rings (SSSR count). The van der Waals surface area contributed by atoms with Crippen LogP contribution in [0.3, 0.4) is 0 Å². The summed E-state index contributed by atoms with van der Waals surface area (Å²) in [5.41, 5.74) is 1.03. The van der Waals surface area contributed by atoms with E-state index in [0.29, 0.717) is 51.8 Å². The number of rotatable bonds is 7. The van der Waals surface area contributed by atoms with Crippen LogP contribution in [0.25, 0.3) is 0 Å². The molecule has 11 heteroatoms. The monoisotopic (exact) mass is 555 g/mol. The third-order valence-electron chi connectivity index (χ3n) is 5.28. The zero-order valence-corrected chi connectivity index (χ0v) is 20.4. The summed E-state index contributed by atoms with van der Waals surface area (Å²) in [6, 6.07) is 6.63. The molecular weight excluding hydrogens is 524 g/mol. The topological polar surface area (TPSA) is 86.3 Å². The van der Waals surface area contributed by atoms with Crippen molar-refractivity contribution < 1.29 is 17.5 Å². The molecule has 1 aromatic rings. The van der Waals surface area contributed by atoms with Gasteiger partial charge < -0.3 is 15.4 Å². The number of hydrogen-bond acceptors (Lipinski definition) is 5. The Hall–Kier alpha value is -1.02. The molecule has 1 unspecified atom stereocenters. The highest BCUT2D eigenvalue weighted by Crippen LogP contribution is 2.21. The van der Waals surface area contributed by atoms with Crippen LogP contribution in [0.15, 0.2) is 29.3 Å². The molecule has 8 nitrogen and oxygen atoms in total. The minimum absolute atomic E-state index is 0. The number of ether oxygens (including phenoxy) is 1. The van der Waals surface area contributed by atoms with Crippen molar-refractivity contribution in [3.8, 4) is 0 Å². The van der Waals surface area contributed by atoms with Crippen molar-refractivity contribution >= 4 is 40.0 Å². The Balaban J connectivity index is 0.00000320. The molecule has 1 atom stereocenters. The van der Waals surface area contributed by atoms with E-state index in [1.54, 1.807) is 7.05 Å². The Morgan fingerprint density at radius 2 is 1.90 bits per heavy atom. The van der Waals surface area contributed by atoms with Gasteiger partial charge in [0.1, 0.15) is 5.82 Å². The maximum Gasteiger partial charge on any atom is 0.214 e. The van der Waals surface area contributed by atoms with Gasteiger partial charge in [-0.25, -0.2) is 17.1 Å². The maximum atomic E-state index is 13.4. The summed E-state index contributed by atoms with van der Waals surface area (Å²) in [6.45, 7) is 5.05. The quantitative estimate of drug-likeness (QED) is 0.297. The number of aliphatic imine (C=N–C) groups is 1. The number of sulfonamides is 1. The van der Waals surface area contributed by atoms with Crippen LogP contribution in [0.4, 0.5) is 4.39 Å². The van der Waals surface area contributed by atoms with Crippen LogP contribution in [0.5, 0.6) is 0 Å². The Morgan fingerprint density at radius 1 is 1.20 bits per heavy atom. The lowest BCUT2D eigenvalue weighted by Crippen LogP contribution is -2.47. The summed E-state index contributed by atoms with van der Waals surface area (Å²) >= 11 is 0. The predicted octanol–water partition coefficient (Wildman–Crippen LogP) is 1.02. The molecule has 0 bridgehead atoms. The number of benzene rings is 1. The van der Waals surface area contributed by atoms with Crippen LogP contribution in [-0.2, 0) is 14.8 Å². The lowest BCUT2D eigenvalue weighted by atomic mass is 10.0. The van der Waals surface area contributed by atoms with Gasteiger partial charge in [-0.1, -0.05) is 12.1 Å². The largest absolute Gasteiger partial charge is 0.379 e. The smallest absolute Gasteiger partial charge is 0.214 e. The molecule has 2 fully saturated rings. The number of halogens is 2. The normalized spacial score (nSPS) is 21.1. The second kappa shape index (κ2) is 12.1. The van der Waals surface area contributed by atoms with Crippen molar-refractivity contribution in [1.82, 2.24) is 19.8 Å². The van der Waals surface area contributed by atoms with Crippen LogP contribution in [-0.4, -0.2) is 88.9 Å². The summed E-state index contributed by atoms with van der Waals surface area (Å²) in [5, 5.41) is 6.50. The van der Waals surface area contributed by atoms with Gasteiger partial charge in [-0.15, -0.1) is 24.0 Å². The SMILES string of the molecule is CN=C(NCCN1CCCS1(=O)=O)NCC(c1ccc(F)cc1)N1CCOCC1.I. The first-order chi connectivity index (χ1) is 14.0. The van der Waals surface area contributed by atoms with E-state index in [0.717, 1.165) is 18.7 Å². The molecule has 2 aliphatic rings. The predicted molar refractivity (Wildman–Crippen MR) is 126 cm³/mol. The second-order valence-corrected chi connectivity index (χ2v) is 9.25. The van der Waals surface area contributed by atoms with Crippen molar-refractivity contribution in [1.29, 1.82) is 0 Å². The average molecular weight is 555 g/mol. The fourth-order valence-electron chi connectivity index (χ4n) is 3.69. The summed E-state index contributed by atoms with van der Waals surface area (Å²) in [5.74, 6) is 0.595. The Bertz CT molecular complexity index is 788. The minimum atomic E-state index is -3.09. The molecule has 30 heavy (non-hydrogen) atoms. The molecular formula is C19H31FIN5O3S. The molecule has 0 aliphatic carbocycles. The minimum Gasteiger partial charge on any atom is -0.379 e. The van der Waals surface area contributed by atoms with E-state index in [9.17, 15) is 12.8 Å². The van der Waals surface area contributed by atoms with Crippen molar-refractivity contribution in [2.75, 3.05) is 65.3 Å². The van der Waals surface area contributed by atoms with E-state index in [4.69, 9.17) is 4.74 Å². The number of hydrogen-bond donors (Lipinski definition) is 2. The van der Waals surface area contributed by atoms with E-state index in [-0.39, 0.29) is 41.6 Å². The molecule has 2 aliphatic heterocycles. The number of guanidine groups is 1. The second-order valence-electron chi connectivity index (χ2n) is 7.16. The zero-order valence-electron chi connectivity index (χ0n) is 17.2.